The summed E-state index contributed by atoms with van der Waals surface area (Å²) in [6.07, 6.45) is 3.84. The summed E-state index contributed by atoms with van der Waals surface area (Å²) >= 11 is 0. The first-order chi connectivity index (χ1) is 13.7. The average Bonchev–Trinajstić information content (AvgIpc) is 3.19. The highest BCUT2D eigenvalue weighted by Gasteiger charge is 2.27. The number of aryl methyl sites for hydroxylation is 1. The van der Waals surface area contributed by atoms with Crippen molar-refractivity contribution < 1.29 is 9.53 Å². The lowest BCUT2D eigenvalue weighted by Gasteiger charge is -2.32. The minimum atomic E-state index is -0.565. The molecule has 1 fully saturated rings. The van der Waals surface area contributed by atoms with Crippen molar-refractivity contribution in [3.05, 3.63) is 42.6 Å². The Morgan fingerprint density at radius 1 is 1.32 bits per heavy atom. The summed E-state index contributed by atoms with van der Waals surface area (Å²) in [5.41, 5.74) is 1.69. The lowest BCUT2D eigenvalue weighted by Crippen LogP contribution is -2.50. The van der Waals surface area contributed by atoms with Crippen LogP contribution in [0.1, 0.15) is 19.2 Å². The van der Waals surface area contributed by atoms with E-state index in [1.54, 1.807) is 12.5 Å². The fourth-order valence-electron chi connectivity index (χ4n) is 3.24. The van der Waals surface area contributed by atoms with Gasteiger partial charge >= 0.3 is 0 Å². The van der Waals surface area contributed by atoms with Crippen molar-refractivity contribution in [2.24, 2.45) is 0 Å². The van der Waals surface area contributed by atoms with E-state index in [4.69, 9.17) is 4.74 Å². The molecule has 1 aromatic carbocycles. The van der Waals surface area contributed by atoms with Crippen LogP contribution in [0.3, 0.4) is 0 Å². The van der Waals surface area contributed by atoms with Crippen LogP contribution in [-0.4, -0.2) is 56.4 Å². The number of benzene rings is 1. The zero-order chi connectivity index (χ0) is 19.3. The maximum atomic E-state index is 12.6. The largest absolute Gasteiger partial charge is 0.365 e. The van der Waals surface area contributed by atoms with Gasteiger partial charge in [-0.15, -0.1) is 10.2 Å². The molecule has 146 valence electrons. The fourth-order valence-corrected chi connectivity index (χ4v) is 3.24. The Kier molecular flexibility index (Phi) is 5.43. The van der Waals surface area contributed by atoms with Gasteiger partial charge in [0.05, 0.1) is 36.9 Å². The Morgan fingerprint density at radius 3 is 3.04 bits per heavy atom. The molecule has 1 N–H and O–H groups in total. The van der Waals surface area contributed by atoms with Gasteiger partial charge in [0, 0.05) is 13.1 Å². The second kappa shape index (κ2) is 8.30. The molecular weight excluding hydrogens is 358 g/mol. The van der Waals surface area contributed by atoms with Gasteiger partial charge in [0.25, 0.3) is 5.91 Å². The Bertz CT molecular complexity index is 958. The van der Waals surface area contributed by atoms with Gasteiger partial charge in [-0.2, -0.15) is 0 Å². The number of nitrogens with zero attached hydrogens (tertiary/aromatic N) is 6. The van der Waals surface area contributed by atoms with E-state index in [0.29, 0.717) is 26.2 Å². The number of aromatic nitrogens is 5. The molecule has 0 spiro atoms. The molecule has 9 nitrogen and oxygen atoms in total. The molecule has 1 aliphatic heterocycles. The first-order valence-corrected chi connectivity index (χ1v) is 9.47. The van der Waals surface area contributed by atoms with E-state index in [1.807, 2.05) is 33.7 Å². The van der Waals surface area contributed by atoms with Crippen LogP contribution >= 0.6 is 0 Å². The van der Waals surface area contributed by atoms with Crippen LogP contribution in [0, 0.1) is 0 Å². The summed E-state index contributed by atoms with van der Waals surface area (Å²) in [7, 11) is 0. The molecule has 1 saturated heterocycles. The van der Waals surface area contributed by atoms with Crippen molar-refractivity contribution in [3.8, 4) is 0 Å². The van der Waals surface area contributed by atoms with E-state index in [0.717, 1.165) is 35.6 Å². The quantitative estimate of drug-likeness (QED) is 0.684. The van der Waals surface area contributed by atoms with Crippen LogP contribution < -0.4 is 10.2 Å². The normalized spacial score (nSPS) is 17.0. The highest BCUT2D eigenvalue weighted by Crippen LogP contribution is 2.18. The van der Waals surface area contributed by atoms with E-state index in [1.165, 1.54) is 0 Å². The maximum Gasteiger partial charge on any atom is 0.251 e. The molecule has 0 saturated carbocycles. The molecule has 1 amide bonds. The Morgan fingerprint density at radius 2 is 2.18 bits per heavy atom. The van der Waals surface area contributed by atoms with Gasteiger partial charge in [-0.05, 0) is 18.6 Å². The number of carbonyl (C=O) groups excluding carboxylic acids is 1. The van der Waals surface area contributed by atoms with E-state index in [2.05, 4.69) is 32.4 Å². The van der Waals surface area contributed by atoms with E-state index in [9.17, 15) is 4.79 Å². The third kappa shape index (κ3) is 3.94. The summed E-state index contributed by atoms with van der Waals surface area (Å²) in [4.78, 5) is 23.8. The van der Waals surface area contributed by atoms with Gasteiger partial charge in [0.1, 0.15) is 12.1 Å². The third-order valence-electron chi connectivity index (χ3n) is 4.70. The molecule has 9 heteroatoms. The van der Waals surface area contributed by atoms with Gasteiger partial charge < -0.3 is 19.5 Å². The summed E-state index contributed by atoms with van der Waals surface area (Å²) in [5, 5.41) is 10.9. The molecule has 1 atom stereocenters. The predicted molar refractivity (Wildman–Crippen MR) is 104 cm³/mol. The van der Waals surface area contributed by atoms with Crippen molar-refractivity contribution in [2.45, 2.75) is 32.5 Å². The van der Waals surface area contributed by atoms with Crippen molar-refractivity contribution in [3.63, 3.8) is 0 Å². The number of nitrogens with one attached hydrogen (secondary N) is 1. The summed E-state index contributed by atoms with van der Waals surface area (Å²) in [6, 6.07) is 7.74. The highest BCUT2D eigenvalue weighted by atomic mass is 16.5. The van der Waals surface area contributed by atoms with Crippen LogP contribution in [-0.2, 0) is 22.6 Å². The van der Waals surface area contributed by atoms with E-state index < -0.39 is 6.10 Å². The molecule has 0 bridgehead atoms. The molecule has 2 aromatic heterocycles. The van der Waals surface area contributed by atoms with Gasteiger partial charge in [-0.1, -0.05) is 19.1 Å². The third-order valence-corrected chi connectivity index (χ3v) is 4.70. The number of hydrogen-bond acceptors (Lipinski definition) is 7. The molecule has 4 rings (SSSR count). The molecule has 3 heterocycles. The molecule has 1 aliphatic rings. The van der Waals surface area contributed by atoms with Crippen LogP contribution in [0.4, 0.5) is 5.82 Å². The zero-order valence-electron chi connectivity index (χ0n) is 15.8. The van der Waals surface area contributed by atoms with Crippen molar-refractivity contribution in [1.82, 2.24) is 30.0 Å². The Balaban J connectivity index is 1.39. The summed E-state index contributed by atoms with van der Waals surface area (Å²) in [5.74, 6) is 1.33. The Hall–Kier alpha value is -3.07. The number of ether oxygens (including phenoxy) is 1. The van der Waals surface area contributed by atoms with E-state index in [-0.39, 0.29) is 5.91 Å². The van der Waals surface area contributed by atoms with Crippen molar-refractivity contribution in [2.75, 3.05) is 24.6 Å². The number of fused-ring (bicyclic) bond motifs is 1. The van der Waals surface area contributed by atoms with Crippen LogP contribution in [0.2, 0.25) is 0 Å². The van der Waals surface area contributed by atoms with Crippen LogP contribution in [0.15, 0.2) is 36.8 Å². The first kappa shape index (κ1) is 18.3. The number of rotatable bonds is 6. The predicted octanol–water partition coefficient (Wildman–Crippen LogP) is 1.15. The fraction of sp³-hybridized carbons (Fsp3) is 0.421. The number of para-hydroxylation sites is 2. The molecule has 0 radical (unpaired) electrons. The number of amides is 1. The van der Waals surface area contributed by atoms with Gasteiger partial charge in [-0.25, -0.2) is 4.98 Å². The van der Waals surface area contributed by atoms with Crippen LogP contribution in [0.5, 0.6) is 0 Å². The van der Waals surface area contributed by atoms with Gasteiger partial charge in [0.2, 0.25) is 0 Å². The molecule has 3 aromatic rings. The maximum absolute atomic E-state index is 12.6. The second-order valence-electron chi connectivity index (χ2n) is 6.68. The molecular formula is C19H23N7O2. The molecule has 0 unspecified atom stereocenters. The Labute approximate surface area is 162 Å². The number of anilines is 1. The minimum absolute atomic E-state index is 0.163. The van der Waals surface area contributed by atoms with Crippen molar-refractivity contribution >= 4 is 22.8 Å². The average molecular weight is 381 g/mol. The molecule has 28 heavy (non-hydrogen) atoms. The van der Waals surface area contributed by atoms with Gasteiger partial charge in [0.15, 0.2) is 11.9 Å². The number of carbonyl (C=O) groups is 1. The van der Waals surface area contributed by atoms with Gasteiger partial charge in [-0.3, -0.25) is 9.78 Å². The van der Waals surface area contributed by atoms with Crippen LogP contribution in [0.25, 0.3) is 11.0 Å². The lowest BCUT2D eigenvalue weighted by molar-refractivity contribution is -0.133. The second-order valence-corrected chi connectivity index (χ2v) is 6.68. The summed E-state index contributed by atoms with van der Waals surface area (Å²) < 4.78 is 7.63. The number of morpholine rings is 1. The minimum Gasteiger partial charge on any atom is -0.365 e. The molecule has 0 aliphatic carbocycles. The summed E-state index contributed by atoms with van der Waals surface area (Å²) in [6.45, 7) is 4.80. The standard InChI is InChI=1S/C19H23N7O2/c1-2-7-26-13-22-24-18(26)11-21-19(27)16-12-25(8-9-28-16)17-10-20-14-5-3-4-6-15(14)23-17/h3-6,10,13,16H,2,7-9,11-12H2,1H3,(H,21,27)/t16-/m0/s1. The monoisotopic (exact) mass is 381 g/mol. The first-order valence-electron chi connectivity index (χ1n) is 9.47. The zero-order valence-corrected chi connectivity index (χ0v) is 15.8. The topological polar surface area (TPSA) is 98.1 Å². The highest BCUT2D eigenvalue weighted by molar-refractivity contribution is 5.82. The van der Waals surface area contributed by atoms with Crippen molar-refractivity contribution in [1.29, 1.82) is 0 Å². The smallest absolute Gasteiger partial charge is 0.251 e. The number of hydrogen-bond donors (Lipinski definition) is 1. The van der Waals surface area contributed by atoms with E-state index >= 15 is 0 Å². The SMILES string of the molecule is CCCn1cnnc1CNC(=O)[C@@H]1CN(c2cnc3ccccc3n2)CCO1. The lowest BCUT2D eigenvalue weighted by atomic mass is 10.2.